The van der Waals surface area contributed by atoms with Crippen molar-refractivity contribution in [1.82, 2.24) is 15.5 Å². The van der Waals surface area contributed by atoms with E-state index in [0.717, 1.165) is 11.3 Å². The molecule has 0 saturated carbocycles. The van der Waals surface area contributed by atoms with E-state index >= 15 is 0 Å². The van der Waals surface area contributed by atoms with Gasteiger partial charge in [0.1, 0.15) is 11.0 Å². The fourth-order valence-electron chi connectivity index (χ4n) is 3.20. The standard InChI is InChI=1S/C23H20ClF6N5O2S/c1-3-11(2)17(18(36)33-21-35-34-19(38-21)12-4-6-15(24)7-5-12)32-20(37)31-16-9-13(22(25,26)27)8-14(10-16)23(28,29)30/h4-11,17H,3H2,1-2H3,(H2,31,32,37)(H,33,35,36). The molecule has 0 radical (unpaired) electrons. The van der Waals surface area contributed by atoms with E-state index in [1.54, 1.807) is 38.1 Å². The zero-order valence-corrected chi connectivity index (χ0v) is 21.2. The van der Waals surface area contributed by atoms with Crippen molar-refractivity contribution in [3.05, 3.63) is 58.6 Å². The van der Waals surface area contributed by atoms with Crippen LogP contribution in [0.4, 0.5) is 42.0 Å². The molecule has 2 atom stereocenters. The van der Waals surface area contributed by atoms with Crippen LogP contribution in [-0.2, 0) is 17.1 Å². The highest BCUT2D eigenvalue weighted by Crippen LogP contribution is 2.37. The Hall–Kier alpha value is -3.39. The third kappa shape index (κ3) is 7.57. The van der Waals surface area contributed by atoms with Gasteiger partial charge in [0.2, 0.25) is 11.0 Å². The minimum absolute atomic E-state index is 0.0567. The summed E-state index contributed by atoms with van der Waals surface area (Å²) in [5.41, 5.74) is -3.23. The summed E-state index contributed by atoms with van der Waals surface area (Å²) in [4.78, 5) is 25.5. The van der Waals surface area contributed by atoms with Crippen LogP contribution in [-0.4, -0.2) is 28.2 Å². The summed E-state index contributed by atoms with van der Waals surface area (Å²) in [6, 6.07) is 5.03. The molecule has 2 unspecified atom stereocenters. The molecule has 0 aliphatic heterocycles. The van der Waals surface area contributed by atoms with Crippen molar-refractivity contribution in [3.63, 3.8) is 0 Å². The van der Waals surface area contributed by atoms with E-state index in [1.807, 2.05) is 5.32 Å². The van der Waals surface area contributed by atoms with Crippen molar-refractivity contribution in [2.45, 2.75) is 38.7 Å². The maximum absolute atomic E-state index is 13.1. The average Bonchev–Trinajstić information content (AvgIpc) is 3.29. The van der Waals surface area contributed by atoms with Crippen LogP contribution in [0.5, 0.6) is 0 Å². The fourth-order valence-corrected chi connectivity index (χ4v) is 4.08. The smallest absolute Gasteiger partial charge is 0.326 e. The largest absolute Gasteiger partial charge is 0.416 e. The predicted molar refractivity (Wildman–Crippen MR) is 131 cm³/mol. The fraction of sp³-hybridized carbons (Fsp3) is 0.304. The van der Waals surface area contributed by atoms with Crippen molar-refractivity contribution in [2.75, 3.05) is 10.6 Å². The predicted octanol–water partition coefficient (Wildman–Crippen LogP) is 7.07. The van der Waals surface area contributed by atoms with Gasteiger partial charge in [0, 0.05) is 16.3 Å². The molecule has 0 fully saturated rings. The Morgan fingerprint density at radius 3 is 2.05 bits per heavy atom. The lowest BCUT2D eigenvalue weighted by Crippen LogP contribution is -2.49. The third-order valence-corrected chi connectivity index (χ3v) is 6.51. The van der Waals surface area contributed by atoms with Crippen molar-refractivity contribution >= 4 is 45.7 Å². The molecule has 2 aromatic carbocycles. The van der Waals surface area contributed by atoms with E-state index < -0.39 is 53.1 Å². The van der Waals surface area contributed by atoms with Gasteiger partial charge in [-0.3, -0.25) is 10.1 Å². The van der Waals surface area contributed by atoms with Crippen LogP contribution in [0.25, 0.3) is 10.6 Å². The number of carbonyl (C=O) groups is 2. The van der Waals surface area contributed by atoms with E-state index in [4.69, 9.17) is 11.6 Å². The number of alkyl halides is 6. The number of benzene rings is 2. The van der Waals surface area contributed by atoms with Gasteiger partial charge in [-0.05, 0) is 36.2 Å². The molecule has 0 aliphatic carbocycles. The number of halogens is 7. The van der Waals surface area contributed by atoms with Crippen molar-refractivity contribution in [3.8, 4) is 10.6 Å². The molecule has 0 aliphatic rings. The lowest BCUT2D eigenvalue weighted by Gasteiger charge is -2.23. The van der Waals surface area contributed by atoms with Gasteiger partial charge in [-0.25, -0.2) is 4.79 Å². The number of anilines is 2. The number of amides is 3. The number of nitrogens with zero attached hydrogens (tertiary/aromatic N) is 2. The average molecular weight is 580 g/mol. The second-order valence-corrected chi connectivity index (χ2v) is 9.58. The maximum atomic E-state index is 13.1. The zero-order chi connectivity index (χ0) is 28.3. The first kappa shape index (κ1) is 29.2. The van der Waals surface area contributed by atoms with Crippen LogP contribution in [0.3, 0.4) is 0 Å². The summed E-state index contributed by atoms with van der Waals surface area (Å²) in [5, 5.41) is 15.8. The Morgan fingerprint density at radius 1 is 0.947 bits per heavy atom. The van der Waals surface area contributed by atoms with Gasteiger partial charge in [-0.1, -0.05) is 55.3 Å². The van der Waals surface area contributed by atoms with Gasteiger partial charge < -0.3 is 10.6 Å². The summed E-state index contributed by atoms with van der Waals surface area (Å²) in [6.45, 7) is 3.37. The maximum Gasteiger partial charge on any atom is 0.416 e. The van der Waals surface area contributed by atoms with Crippen LogP contribution in [0.1, 0.15) is 31.4 Å². The Bertz CT molecular complexity index is 1260. The van der Waals surface area contributed by atoms with Gasteiger partial charge in [0.25, 0.3) is 0 Å². The molecule has 1 heterocycles. The molecular weight excluding hydrogens is 560 g/mol. The van der Waals surface area contributed by atoms with Crippen LogP contribution in [0.15, 0.2) is 42.5 Å². The molecule has 0 saturated heterocycles. The van der Waals surface area contributed by atoms with Crippen LogP contribution in [0.2, 0.25) is 5.02 Å². The van der Waals surface area contributed by atoms with Gasteiger partial charge in [-0.2, -0.15) is 26.3 Å². The molecular formula is C23H20ClF6N5O2S. The normalized spacial score (nSPS) is 13.5. The molecule has 7 nitrogen and oxygen atoms in total. The lowest BCUT2D eigenvalue weighted by molar-refractivity contribution is -0.143. The number of nitrogens with one attached hydrogen (secondary N) is 3. The zero-order valence-electron chi connectivity index (χ0n) is 19.7. The van der Waals surface area contributed by atoms with Gasteiger partial charge >= 0.3 is 18.4 Å². The Morgan fingerprint density at radius 2 is 1.53 bits per heavy atom. The highest BCUT2D eigenvalue weighted by molar-refractivity contribution is 7.18. The van der Waals surface area contributed by atoms with Crippen molar-refractivity contribution < 1.29 is 35.9 Å². The van der Waals surface area contributed by atoms with Crippen LogP contribution < -0.4 is 16.0 Å². The summed E-state index contributed by atoms with van der Waals surface area (Å²) < 4.78 is 78.7. The number of carbonyl (C=O) groups excluding carboxylic acids is 2. The summed E-state index contributed by atoms with van der Waals surface area (Å²) in [6.07, 6.45) is -9.76. The summed E-state index contributed by atoms with van der Waals surface area (Å²) in [5.74, 6) is -1.16. The first-order valence-electron chi connectivity index (χ1n) is 10.9. The SMILES string of the molecule is CCC(C)C(NC(=O)Nc1cc(C(F)(F)F)cc(C(F)(F)F)c1)C(=O)Nc1nnc(-c2ccc(Cl)cc2)s1. The van der Waals surface area contributed by atoms with Crippen molar-refractivity contribution in [2.24, 2.45) is 5.92 Å². The number of aromatic nitrogens is 2. The first-order chi connectivity index (χ1) is 17.7. The monoisotopic (exact) mass is 579 g/mol. The highest BCUT2D eigenvalue weighted by Gasteiger charge is 2.37. The van der Waals surface area contributed by atoms with Gasteiger partial charge in [0.15, 0.2) is 0 Å². The third-order valence-electron chi connectivity index (χ3n) is 5.37. The molecule has 0 bridgehead atoms. The molecule has 1 aromatic heterocycles. The second-order valence-electron chi connectivity index (χ2n) is 8.16. The molecule has 38 heavy (non-hydrogen) atoms. The van der Waals surface area contributed by atoms with E-state index in [-0.39, 0.29) is 11.2 Å². The first-order valence-corrected chi connectivity index (χ1v) is 12.1. The Labute approximate surface area is 221 Å². The van der Waals surface area contributed by atoms with E-state index in [2.05, 4.69) is 20.8 Å². The Kier molecular flexibility index (Phi) is 8.87. The molecule has 3 aromatic rings. The van der Waals surface area contributed by atoms with Crippen LogP contribution in [0, 0.1) is 5.92 Å². The highest BCUT2D eigenvalue weighted by atomic mass is 35.5. The minimum atomic E-state index is -5.08. The topological polar surface area (TPSA) is 96.0 Å². The van der Waals surface area contributed by atoms with E-state index in [0.29, 0.717) is 34.1 Å². The molecule has 15 heteroatoms. The van der Waals surface area contributed by atoms with E-state index in [1.165, 1.54) is 0 Å². The van der Waals surface area contributed by atoms with Gasteiger partial charge in [-0.15, -0.1) is 10.2 Å². The molecule has 3 rings (SSSR count). The summed E-state index contributed by atoms with van der Waals surface area (Å²) >= 11 is 6.92. The number of urea groups is 1. The van der Waals surface area contributed by atoms with Crippen molar-refractivity contribution in [1.29, 1.82) is 0 Å². The number of rotatable bonds is 7. The second kappa shape index (κ2) is 11.6. The van der Waals surface area contributed by atoms with Crippen LogP contribution >= 0.6 is 22.9 Å². The molecule has 3 amide bonds. The Balaban J connectivity index is 1.76. The van der Waals surface area contributed by atoms with E-state index in [9.17, 15) is 35.9 Å². The molecule has 204 valence electrons. The number of hydrogen-bond acceptors (Lipinski definition) is 5. The molecule has 0 spiro atoms. The molecule has 3 N–H and O–H groups in total. The van der Waals surface area contributed by atoms with Gasteiger partial charge in [0.05, 0.1) is 11.1 Å². The lowest BCUT2D eigenvalue weighted by atomic mass is 9.98. The summed E-state index contributed by atoms with van der Waals surface area (Å²) in [7, 11) is 0. The quantitative estimate of drug-likeness (QED) is 0.261. The number of hydrogen-bond donors (Lipinski definition) is 3. The minimum Gasteiger partial charge on any atom is -0.326 e.